The highest BCUT2D eigenvalue weighted by molar-refractivity contribution is 7.89. The van der Waals surface area contributed by atoms with Gasteiger partial charge in [-0.25, -0.2) is 13.2 Å². The molecule has 3 N–H and O–H groups in total. The van der Waals surface area contributed by atoms with Gasteiger partial charge in [0, 0.05) is 6.54 Å². The van der Waals surface area contributed by atoms with Crippen LogP contribution in [0.5, 0.6) is 0 Å². The lowest BCUT2D eigenvalue weighted by Crippen LogP contribution is -2.47. The number of ether oxygens (including phenoxy) is 1. The van der Waals surface area contributed by atoms with Crippen molar-refractivity contribution in [3.05, 3.63) is 28.3 Å². The van der Waals surface area contributed by atoms with Crippen molar-refractivity contribution in [1.82, 2.24) is 15.4 Å². The number of nitrogens with one attached hydrogen (secondary N) is 3. The molecular weight excluding hydrogens is 398 g/mol. The first-order chi connectivity index (χ1) is 13.3. The SMILES string of the molecule is CCNC(=O)NC(=O)[C@@H](C)OC(=O)[C@H](C)NS(=O)(=O)c1c(C)c(C)cc(C)c1C. The van der Waals surface area contributed by atoms with Gasteiger partial charge in [0.2, 0.25) is 10.0 Å². The van der Waals surface area contributed by atoms with Gasteiger partial charge in [-0.1, -0.05) is 6.07 Å². The third-order valence-electron chi connectivity index (χ3n) is 4.49. The van der Waals surface area contributed by atoms with E-state index in [0.717, 1.165) is 11.1 Å². The van der Waals surface area contributed by atoms with Gasteiger partial charge in [0.25, 0.3) is 5.91 Å². The Morgan fingerprint density at radius 3 is 2.03 bits per heavy atom. The molecule has 0 heterocycles. The molecule has 0 bridgehead atoms. The molecular formula is C19H29N3O6S. The number of carbonyl (C=O) groups is 3. The Balaban J connectivity index is 2.90. The smallest absolute Gasteiger partial charge is 0.324 e. The molecule has 0 unspecified atom stereocenters. The molecule has 1 aromatic carbocycles. The largest absolute Gasteiger partial charge is 0.451 e. The molecule has 10 heteroatoms. The van der Waals surface area contributed by atoms with Gasteiger partial charge in [-0.05, 0) is 70.7 Å². The lowest BCUT2D eigenvalue weighted by atomic mass is 10.0. The van der Waals surface area contributed by atoms with Gasteiger partial charge in [-0.15, -0.1) is 0 Å². The van der Waals surface area contributed by atoms with Crippen LogP contribution in [-0.2, 0) is 24.3 Å². The zero-order valence-corrected chi connectivity index (χ0v) is 18.6. The van der Waals surface area contributed by atoms with E-state index >= 15 is 0 Å². The van der Waals surface area contributed by atoms with E-state index in [-0.39, 0.29) is 4.90 Å². The van der Waals surface area contributed by atoms with Crippen LogP contribution >= 0.6 is 0 Å². The molecule has 1 rings (SSSR count). The van der Waals surface area contributed by atoms with Gasteiger partial charge in [0.15, 0.2) is 6.10 Å². The van der Waals surface area contributed by atoms with Crippen molar-refractivity contribution in [3.63, 3.8) is 0 Å². The molecule has 3 amide bonds. The number of carbonyl (C=O) groups excluding carboxylic acids is 3. The molecule has 2 atom stereocenters. The molecule has 0 aliphatic heterocycles. The summed E-state index contributed by atoms with van der Waals surface area (Å²) in [6.45, 7) is 11.6. The maximum Gasteiger partial charge on any atom is 0.324 e. The fraction of sp³-hybridized carbons (Fsp3) is 0.526. The normalized spacial score (nSPS) is 13.3. The van der Waals surface area contributed by atoms with Gasteiger partial charge < -0.3 is 10.1 Å². The van der Waals surface area contributed by atoms with E-state index in [9.17, 15) is 22.8 Å². The number of rotatable bonds is 7. The fourth-order valence-electron chi connectivity index (χ4n) is 2.67. The number of hydrogen-bond acceptors (Lipinski definition) is 6. The Bertz CT molecular complexity index is 885. The minimum absolute atomic E-state index is 0.122. The Hall–Kier alpha value is -2.46. The molecule has 9 nitrogen and oxygen atoms in total. The van der Waals surface area contributed by atoms with Crippen LogP contribution in [-0.4, -0.2) is 45.0 Å². The topological polar surface area (TPSA) is 131 Å². The van der Waals surface area contributed by atoms with Crippen LogP contribution in [0, 0.1) is 27.7 Å². The molecule has 0 fully saturated rings. The number of hydrogen-bond donors (Lipinski definition) is 3. The molecule has 0 spiro atoms. The molecule has 0 aromatic heterocycles. The zero-order chi connectivity index (χ0) is 22.5. The summed E-state index contributed by atoms with van der Waals surface area (Å²) in [6, 6.07) is -0.0506. The Labute approximate surface area is 171 Å². The highest BCUT2D eigenvalue weighted by Crippen LogP contribution is 2.26. The predicted octanol–water partition coefficient (Wildman–Crippen LogP) is 1.36. The van der Waals surface area contributed by atoms with Crippen LogP contribution in [0.3, 0.4) is 0 Å². The molecule has 162 valence electrons. The van der Waals surface area contributed by atoms with Gasteiger partial charge in [-0.2, -0.15) is 4.72 Å². The van der Waals surface area contributed by atoms with E-state index in [1.54, 1.807) is 20.8 Å². The first kappa shape index (κ1) is 24.6. The van der Waals surface area contributed by atoms with Gasteiger partial charge >= 0.3 is 12.0 Å². The van der Waals surface area contributed by atoms with Crippen LogP contribution in [0.2, 0.25) is 0 Å². The number of amides is 3. The van der Waals surface area contributed by atoms with E-state index in [1.165, 1.54) is 13.8 Å². The number of urea groups is 1. The predicted molar refractivity (Wildman–Crippen MR) is 108 cm³/mol. The molecule has 0 aliphatic carbocycles. The fourth-order valence-corrected chi connectivity index (χ4v) is 4.48. The average Bonchev–Trinajstić information content (AvgIpc) is 2.59. The second kappa shape index (κ2) is 9.84. The minimum atomic E-state index is -4.01. The number of imide groups is 1. The van der Waals surface area contributed by atoms with E-state index in [1.807, 2.05) is 25.2 Å². The van der Waals surface area contributed by atoms with E-state index in [0.29, 0.717) is 17.7 Å². The summed E-state index contributed by atoms with van der Waals surface area (Å²) >= 11 is 0. The van der Waals surface area contributed by atoms with Crippen molar-refractivity contribution >= 4 is 27.9 Å². The van der Waals surface area contributed by atoms with Crippen molar-refractivity contribution in [2.24, 2.45) is 0 Å². The van der Waals surface area contributed by atoms with Crippen molar-refractivity contribution in [2.75, 3.05) is 6.54 Å². The summed E-state index contributed by atoms with van der Waals surface area (Å²) in [5, 5.41) is 4.39. The standard InChI is InChI=1S/C19H29N3O6S/c1-8-20-19(25)21-17(23)15(7)28-18(24)14(6)22-29(26,27)16-12(4)10(2)9-11(3)13(16)5/h9,14-15,22H,8H2,1-7H3,(H2,20,21,23,25)/t14-,15+/m0/s1. The summed E-state index contributed by atoms with van der Waals surface area (Å²) in [5.74, 6) is -1.76. The van der Waals surface area contributed by atoms with Crippen LogP contribution < -0.4 is 15.4 Å². The summed E-state index contributed by atoms with van der Waals surface area (Å²) in [6.07, 6.45) is -1.28. The maximum absolute atomic E-state index is 12.9. The lowest BCUT2D eigenvalue weighted by Gasteiger charge is -2.20. The van der Waals surface area contributed by atoms with Gasteiger partial charge in [-0.3, -0.25) is 14.9 Å². The van der Waals surface area contributed by atoms with Crippen molar-refractivity contribution in [1.29, 1.82) is 0 Å². The maximum atomic E-state index is 12.9. The molecule has 0 aliphatic rings. The molecule has 1 aromatic rings. The second-order valence-electron chi connectivity index (χ2n) is 6.86. The highest BCUT2D eigenvalue weighted by Gasteiger charge is 2.29. The number of sulfonamides is 1. The number of benzene rings is 1. The summed E-state index contributed by atoms with van der Waals surface area (Å²) in [7, 11) is -4.01. The van der Waals surface area contributed by atoms with E-state index < -0.39 is 40.1 Å². The van der Waals surface area contributed by atoms with Crippen LogP contribution in [0.4, 0.5) is 4.79 Å². The monoisotopic (exact) mass is 427 g/mol. The molecule has 29 heavy (non-hydrogen) atoms. The Morgan fingerprint density at radius 2 is 1.55 bits per heavy atom. The Morgan fingerprint density at radius 1 is 1.03 bits per heavy atom. The average molecular weight is 428 g/mol. The molecule has 0 radical (unpaired) electrons. The highest BCUT2D eigenvalue weighted by atomic mass is 32.2. The molecule has 0 saturated heterocycles. The third-order valence-corrected chi connectivity index (χ3v) is 6.30. The summed E-state index contributed by atoms with van der Waals surface area (Å²) in [5.41, 5.74) is 2.82. The van der Waals surface area contributed by atoms with Crippen LogP contribution in [0.15, 0.2) is 11.0 Å². The number of aryl methyl sites for hydroxylation is 2. The van der Waals surface area contributed by atoms with Crippen LogP contribution in [0.1, 0.15) is 43.0 Å². The minimum Gasteiger partial charge on any atom is -0.451 e. The zero-order valence-electron chi connectivity index (χ0n) is 17.8. The van der Waals surface area contributed by atoms with E-state index in [4.69, 9.17) is 4.74 Å². The lowest BCUT2D eigenvalue weighted by molar-refractivity contribution is -0.155. The van der Waals surface area contributed by atoms with Crippen molar-refractivity contribution in [3.8, 4) is 0 Å². The Kier molecular flexibility index (Phi) is 8.34. The second-order valence-corrected chi connectivity index (χ2v) is 8.51. The third kappa shape index (κ3) is 6.26. The van der Waals surface area contributed by atoms with E-state index in [2.05, 4.69) is 10.0 Å². The van der Waals surface area contributed by atoms with Gasteiger partial charge in [0.1, 0.15) is 6.04 Å². The summed E-state index contributed by atoms with van der Waals surface area (Å²) < 4.78 is 33.0. The summed E-state index contributed by atoms with van der Waals surface area (Å²) in [4.78, 5) is 35.6. The first-order valence-electron chi connectivity index (χ1n) is 9.20. The van der Waals surface area contributed by atoms with Crippen molar-refractivity contribution in [2.45, 2.75) is 65.5 Å². The number of esters is 1. The van der Waals surface area contributed by atoms with Crippen molar-refractivity contribution < 1.29 is 27.5 Å². The quantitative estimate of drug-likeness (QED) is 0.563. The molecule has 0 saturated carbocycles. The first-order valence-corrected chi connectivity index (χ1v) is 10.7. The van der Waals surface area contributed by atoms with Gasteiger partial charge in [0.05, 0.1) is 4.90 Å². The van der Waals surface area contributed by atoms with Crippen LogP contribution in [0.25, 0.3) is 0 Å².